The molecule has 204 valence electrons. The van der Waals surface area contributed by atoms with E-state index < -0.39 is 17.7 Å². The van der Waals surface area contributed by atoms with Crippen LogP contribution in [-0.2, 0) is 15.0 Å². The largest absolute Gasteiger partial charge is 0.507 e. The lowest BCUT2D eigenvalue weighted by Gasteiger charge is -2.25. The molecule has 40 heavy (non-hydrogen) atoms. The Morgan fingerprint density at radius 1 is 0.925 bits per heavy atom. The average Bonchev–Trinajstić information content (AvgIpc) is 3.55. The lowest BCUT2D eigenvalue weighted by atomic mass is 9.85. The van der Waals surface area contributed by atoms with Crippen LogP contribution in [0.3, 0.4) is 0 Å². The number of carbonyl (C=O) groups excluding carboxylic acids is 2. The number of benzene rings is 3. The summed E-state index contributed by atoms with van der Waals surface area (Å²) in [6.45, 7) is 8.19. The molecular weight excluding hydrogens is 522 g/mol. The van der Waals surface area contributed by atoms with E-state index in [9.17, 15) is 14.7 Å². The molecule has 1 unspecified atom stereocenters. The van der Waals surface area contributed by atoms with Crippen molar-refractivity contribution in [3.63, 3.8) is 0 Å². The van der Waals surface area contributed by atoms with Crippen molar-refractivity contribution in [2.45, 2.75) is 39.2 Å². The third kappa shape index (κ3) is 5.12. The van der Waals surface area contributed by atoms with Gasteiger partial charge in [-0.1, -0.05) is 45.0 Å². The first-order valence-electron chi connectivity index (χ1n) is 13.0. The highest BCUT2D eigenvalue weighted by Crippen LogP contribution is 2.45. The molecule has 7 heteroatoms. The number of methoxy groups -OCH3 is 1. The number of aliphatic hydroxyl groups is 1. The summed E-state index contributed by atoms with van der Waals surface area (Å²) in [6.07, 6.45) is 0. The quantitative estimate of drug-likeness (QED) is 0.150. The molecule has 1 saturated heterocycles. The maximum absolute atomic E-state index is 13.6. The number of nitrogens with zero attached hydrogens (tertiary/aromatic N) is 1. The number of anilines is 1. The Morgan fingerprint density at radius 2 is 1.68 bits per heavy atom. The molecule has 4 aromatic rings. The minimum Gasteiger partial charge on any atom is -0.507 e. The first-order valence-corrected chi connectivity index (χ1v) is 13.8. The number of hydrogen-bond acceptors (Lipinski definition) is 6. The minimum absolute atomic E-state index is 0.0249. The summed E-state index contributed by atoms with van der Waals surface area (Å²) in [4.78, 5) is 29.3. The van der Waals surface area contributed by atoms with E-state index in [1.54, 1.807) is 30.3 Å². The third-order valence-electron chi connectivity index (χ3n) is 6.92. The van der Waals surface area contributed by atoms with Gasteiger partial charge in [0, 0.05) is 10.6 Å². The normalized spacial score (nSPS) is 16.8. The van der Waals surface area contributed by atoms with Crippen LogP contribution in [0.2, 0.25) is 0 Å². The predicted molar refractivity (Wildman–Crippen MR) is 158 cm³/mol. The van der Waals surface area contributed by atoms with Gasteiger partial charge in [0.05, 0.1) is 18.2 Å². The van der Waals surface area contributed by atoms with Crippen molar-refractivity contribution in [3.05, 3.63) is 111 Å². The van der Waals surface area contributed by atoms with Crippen molar-refractivity contribution in [2.24, 2.45) is 0 Å². The summed E-state index contributed by atoms with van der Waals surface area (Å²) >= 11 is 1.42. The van der Waals surface area contributed by atoms with E-state index in [0.29, 0.717) is 28.5 Å². The Bertz CT molecular complexity index is 1600. The number of aryl methyl sites for hydroxylation is 1. The fourth-order valence-corrected chi connectivity index (χ4v) is 5.63. The first-order chi connectivity index (χ1) is 19.1. The number of thiophene rings is 1. The van der Waals surface area contributed by atoms with Gasteiger partial charge in [0.2, 0.25) is 0 Å². The fourth-order valence-electron chi connectivity index (χ4n) is 4.81. The molecule has 0 radical (unpaired) electrons. The van der Waals surface area contributed by atoms with E-state index in [0.717, 1.165) is 16.0 Å². The van der Waals surface area contributed by atoms with E-state index in [4.69, 9.17) is 9.47 Å². The number of ether oxygens (including phenoxy) is 2. The van der Waals surface area contributed by atoms with Crippen LogP contribution in [0.4, 0.5) is 5.69 Å². The second-order valence-corrected chi connectivity index (χ2v) is 11.7. The van der Waals surface area contributed by atoms with Gasteiger partial charge in [-0.05, 0) is 83.4 Å². The number of carbonyl (C=O) groups is 2. The minimum atomic E-state index is -0.799. The number of Topliss-reactive ketones (excluding diaryl/α,β-unsaturated/α-hetero) is 1. The zero-order chi connectivity index (χ0) is 28.6. The zero-order valence-electron chi connectivity index (χ0n) is 23.1. The van der Waals surface area contributed by atoms with Crippen LogP contribution in [0.15, 0.2) is 89.8 Å². The van der Waals surface area contributed by atoms with Crippen molar-refractivity contribution in [3.8, 4) is 17.2 Å². The summed E-state index contributed by atoms with van der Waals surface area (Å²) in [5, 5.41) is 13.5. The smallest absolute Gasteiger partial charge is 0.300 e. The highest BCUT2D eigenvalue weighted by atomic mass is 32.1. The van der Waals surface area contributed by atoms with Gasteiger partial charge in [0.15, 0.2) is 0 Å². The van der Waals surface area contributed by atoms with Crippen LogP contribution >= 0.6 is 11.3 Å². The van der Waals surface area contributed by atoms with E-state index in [1.807, 2.05) is 60.8 Å². The first kappa shape index (κ1) is 27.2. The highest BCUT2D eigenvalue weighted by Gasteiger charge is 2.47. The Kier molecular flexibility index (Phi) is 7.25. The van der Waals surface area contributed by atoms with Crippen LogP contribution in [0.1, 0.15) is 48.4 Å². The molecule has 5 rings (SSSR count). The second-order valence-electron chi connectivity index (χ2n) is 10.8. The van der Waals surface area contributed by atoms with E-state index in [-0.39, 0.29) is 16.7 Å². The van der Waals surface area contributed by atoms with E-state index >= 15 is 0 Å². The average molecular weight is 554 g/mol. The third-order valence-corrected chi connectivity index (χ3v) is 7.84. The van der Waals surface area contributed by atoms with Gasteiger partial charge in [0.25, 0.3) is 11.7 Å². The highest BCUT2D eigenvalue weighted by molar-refractivity contribution is 7.10. The Hall–Kier alpha value is -4.36. The molecule has 1 amide bonds. The van der Waals surface area contributed by atoms with E-state index in [2.05, 4.69) is 20.8 Å². The second kappa shape index (κ2) is 10.7. The summed E-state index contributed by atoms with van der Waals surface area (Å²) in [6, 6.07) is 23.2. The monoisotopic (exact) mass is 553 g/mol. The number of aliphatic hydroxyl groups excluding tert-OH is 1. The van der Waals surface area contributed by atoms with Gasteiger partial charge in [-0.15, -0.1) is 11.3 Å². The van der Waals surface area contributed by atoms with Gasteiger partial charge < -0.3 is 14.6 Å². The van der Waals surface area contributed by atoms with E-state index in [1.165, 1.54) is 23.3 Å². The molecule has 0 bridgehead atoms. The number of rotatable bonds is 6. The van der Waals surface area contributed by atoms with Crippen LogP contribution < -0.4 is 14.4 Å². The number of hydrogen-bond donors (Lipinski definition) is 1. The molecule has 1 fully saturated rings. The molecule has 2 heterocycles. The van der Waals surface area contributed by atoms with Crippen molar-refractivity contribution in [1.29, 1.82) is 0 Å². The molecular formula is C33H31NO5S. The molecule has 3 aromatic carbocycles. The molecule has 1 aromatic heterocycles. The molecule has 6 nitrogen and oxygen atoms in total. The van der Waals surface area contributed by atoms with Crippen LogP contribution in [0.5, 0.6) is 17.2 Å². The lowest BCUT2D eigenvalue weighted by molar-refractivity contribution is -0.132. The Morgan fingerprint density at radius 3 is 2.30 bits per heavy atom. The van der Waals surface area contributed by atoms with Gasteiger partial charge in [-0.2, -0.15) is 0 Å². The van der Waals surface area contributed by atoms with Crippen LogP contribution in [0, 0.1) is 6.92 Å². The van der Waals surface area contributed by atoms with Crippen molar-refractivity contribution >= 4 is 34.5 Å². The van der Waals surface area contributed by atoms with Crippen LogP contribution in [0.25, 0.3) is 5.76 Å². The molecule has 1 atom stereocenters. The number of ketones is 1. The maximum atomic E-state index is 13.6. The van der Waals surface area contributed by atoms with Crippen LogP contribution in [-0.4, -0.2) is 23.9 Å². The van der Waals surface area contributed by atoms with Crippen molar-refractivity contribution < 1.29 is 24.2 Å². The molecule has 1 N–H and O–H groups in total. The summed E-state index contributed by atoms with van der Waals surface area (Å²) in [5.74, 6) is -0.00103. The molecule has 0 saturated carbocycles. The van der Waals surface area contributed by atoms with Gasteiger partial charge in [0.1, 0.15) is 29.0 Å². The summed E-state index contributed by atoms with van der Waals surface area (Å²) in [7, 11) is 1.51. The Balaban J connectivity index is 1.59. The predicted octanol–water partition coefficient (Wildman–Crippen LogP) is 7.78. The maximum Gasteiger partial charge on any atom is 0.300 e. The lowest BCUT2D eigenvalue weighted by Crippen LogP contribution is -2.29. The molecule has 1 aliphatic heterocycles. The topological polar surface area (TPSA) is 76.1 Å². The standard InChI is InChI=1S/C33H31NO5S/c1-20-8-6-9-24(18-20)39-23-14-12-22(13-15-23)34-29(27-10-7-17-40-27)28(31(36)32(34)37)30(35)25-19-21(33(2,3)4)11-16-26(25)38-5/h6-19,29,35H,1-5H3/b30-28+. The molecule has 1 aliphatic rings. The fraction of sp³-hybridized carbons (Fsp3) is 0.212. The summed E-state index contributed by atoms with van der Waals surface area (Å²) < 4.78 is 11.5. The van der Waals surface area contributed by atoms with Gasteiger partial charge in [-0.25, -0.2) is 0 Å². The van der Waals surface area contributed by atoms with Gasteiger partial charge >= 0.3 is 0 Å². The Labute approximate surface area is 238 Å². The van der Waals surface area contributed by atoms with Gasteiger partial charge in [-0.3, -0.25) is 14.5 Å². The zero-order valence-corrected chi connectivity index (χ0v) is 23.9. The molecule has 0 aliphatic carbocycles. The number of amides is 1. The molecule has 0 spiro atoms. The van der Waals surface area contributed by atoms with Crippen molar-refractivity contribution in [1.82, 2.24) is 0 Å². The van der Waals surface area contributed by atoms with Crippen molar-refractivity contribution in [2.75, 3.05) is 12.0 Å². The summed E-state index contributed by atoms with van der Waals surface area (Å²) in [5.41, 5.74) is 2.75. The SMILES string of the molecule is COc1ccc(C(C)(C)C)cc1/C(O)=C1\C(=O)C(=O)N(c2ccc(Oc3cccc(C)c3)cc2)C1c1cccs1.